The Labute approximate surface area is 226 Å². The minimum atomic E-state index is -0.588. The van der Waals surface area contributed by atoms with E-state index < -0.39 is 6.04 Å². The van der Waals surface area contributed by atoms with Gasteiger partial charge in [-0.05, 0) is 47.2 Å². The van der Waals surface area contributed by atoms with Crippen molar-refractivity contribution in [3.63, 3.8) is 0 Å². The van der Waals surface area contributed by atoms with Gasteiger partial charge >= 0.3 is 0 Å². The first-order valence-corrected chi connectivity index (χ1v) is 13.7. The van der Waals surface area contributed by atoms with Crippen LogP contribution >= 0.6 is 0 Å². The molecule has 0 fully saturated rings. The van der Waals surface area contributed by atoms with E-state index in [2.05, 4.69) is 55.6 Å². The number of rotatable bonds is 12. The van der Waals surface area contributed by atoms with Crippen molar-refractivity contribution in [1.82, 2.24) is 10.2 Å². The van der Waals surface area contributed by atoms with Gasteiger partial charge in [-0.3, -0.25) is 9.59 Å². The van der Waals surface area contributed by atoms with Crippen molar-refractivity contribution >= 4 is 22.6 Å². The van der Waals surface area contributed by atoms with E-state index in [-0.39, 0.29) is 11.8 Å². The molecule has 1 atom stereocenters. The second-order valence-corrected chi connectivity index (χ2v) is 10.00. The Morgan fingerprint density at radius 1 is 0.842 bits per heavy atom. The van der Waals surface area contributed by atoms with Crippen molar-refractivity contribution < 1.29 is 9.59 Å². The molecule has 0 unspecified atom stereocenters. The van der Waals surface area contributed by atoms with Crippen LogP contribution in [-0.4, -0.2) is 29.3 Å². The number of unbranched alkanes of at least 4 members (excludes halogenated alkanes) is 1. The van der Waals surface area contributed by atoms with Gasteiger partial charge in [0, 0.05) is 25.9 Å². The summed E-state index contributed by atoms with van der Waals surface area (Å²) in [4.78, 5) is 29.3. The van der Waals surface area contributed by atoms with Crippen LogP contribution in [-0.2, 0) is 29.0 Å². The summed E-state index contributed by atoms with van der Waals surface area (Å²) in [7, 11) is 0. The molecule has 0 saturated carbocycles. The Morgan fingerprint density at radius 3 is 2.34 bits per heavy atom. The predicted octanol–water partition coefficient (Wildman–Crippen LogP) is 6.64. The first kappa shape index (κ1) is 27.1. The largest absolute Gasteiger partial charge is 0.354 e. The first-order chi connectivity index (χ1) is 18.5. The highest BCUT2D eigenvalue weighted by Crippen LogP contribution is 2.22. The number of hydrogen-bond donors (Lipinski definition) is 1. The summed E-state index contributed by atoms with van der Waals surface area (Å²) >= 11 is 0. The van der Waals surface area contributed by atoms with Crippen molar-refractivity contribution in [3.05, 3.63) is 119 Å². The first-order valence-electron chi connectivity index (χ1n) is 13.7. The molecule has 0 radical (unpaired) electrons. The van der Waals surface area contributed by atoms with Gasteiger partial charge in [0.15, 0.2) is 0 Å². The van der Waals surface area contributed by atoms with Gasteiger partial charge < -0.3 is 10.2 Å². The lowest BCUT2D eigenvalue weighted by Crippen LogP contribution is -2.50. The third kappa shape index (κ3) is 7.32. The molecule has 4 aromatic carbocycles. The normalized spacial score (nSPS) is 11.7. The zero-order valence-electron chi connectivity index (χ0n) is 22.5. The molecule has 0 heterocycles. The molecule has 0 aromatic heterocycles. The molecule has 0 spiro atoms. The van der Waals surface area contributed by atoms with Crippen molar-refractivity contribution in [3.8, 4) is 0 Å². The average molecular weight is 507 g/mol. The molecule has 1 N–H and O–H groups in total. The van der Waals surface area contributed by atoms with E-state index in [1.54, 1.807) is 4.90 Å². The van der Waals surface area contributed by atoms with Crippen LogP contribution < -0.4 is 5.32 Å². The molecule has 4 aromatic rings. The summed E-state index contributed by atoms with van der Waals surface area (Å²) in [6, 6.07) is 32.1. The van der Waals surface area contributed by atoms with Gasteiger partial charge in [-0.25, -0.2) is 0 Å². The summed E-state index contributed by atoms with van der Waals surface area (Å²) in [6.45, 7) is 5.17. The molecule has 0 bridgehead atoms. The monoisotopic (exact) mass is 506 g/mol. The molecule has 0 aliphatic heterocycles. The standard InChI is InChI=1S/C34H38N2O2/c1-3-4-22-35-34(38)32(24-27-13-6-5-7-14-27)36(25-28-15-10-12-26(2)23-28)33(37)21-20-30-18-11-17-29-16-8-9-19-31(29)30/h5-19,23,32H,3-4,20-22,24-25H2,1-2H3,(H,35,38)/t32-/m1/s1. The van der Waals surface area contributed by atoms with Gasteiger partial charge in [0.05, 0.1) is 0 Å². The zero-order chi connectivity index (χ0) is 26.7. The van der Waals surface area contributed by atoms with Crippen LogP contribution in [0.5, 0.6) is 0 Å². The van der Waals surface area contributed by atoms with E-state index in [1.165, 1.54) is 10.8 Å². The molecule has 2 amide bonds. The van der Waals surface area contributed by atoms with Crippen LogP contribution in [0.4, 0.5) is 0 Å². The van der Waals surface area contributed by atoms with Crippen molar-refractivity contribution in [2.45, 2.75) is 58.5 Å². The van der Waals surface area contributed by atoms with Crippen molar-refractivity contribution in [1.29, 1.82) is 0 Å². The lowest BCUT2D eigenvalue weighted by atomic mass is 9.99. The Morgan fingerprint density at radius 2 is 1.55 bits per heavy atom. The molecule has 196 valence electrons. The maximum absolute atomic E-state index is 14.0. The van der Waals surface area contributed by atoms with E-state index in [4.69, 9.17) is 0 Å². The van der Waals surface area contributed by atoms with Crippen LogP contribution in [0.2, 0.25) is 0 Å². The minimum absolute atomic E-state index is 0.00832. The van der Waals surface area contributed by atoms with Crippen LogP contribution in [0, 0.1) is 6.92 Å². The van der Waals surface area contributed by atoms with Gasteiger partial charge in [0.25, 0.3) is 0 Å². The number of benzene rings is 4. The van der Waals surface area contributed by atoms with E-state index in [0.717, 1.165) is 35.1 Å². The lowest BCUT2D eigenvalue weighted by molar-refractivity contribution is -0.141. The molecule has 0 aliphatic carbocycles. The average Bonchev–Trinajstić information content (AvgIpc) is 2.94. The fourth-order valence-electron chi connectivity index (χ4n) is 4.96. The highest BCUT2D eigenvalue weighted by Gasteiger charge is 2.30. The summed E-state index contributed by atoms with van der Waals surface area (Å²) in [5, 5.41) is 5.45. The highest BCUT2D eigenvalue weighted by atomic mass is 16.2. The molecule has 0 aliphatic rings. The van der Waals surface area contributed by atoms with Gasteiger partial charge in [-0.15, -0.1) is 0 Å². The predicted molar refractivity (Wildman–Crippen MR) is 156 cm³/mol. The Bertz CT molecular complexity index is 1340. The van der Waals surface area contributed by atoms with Crippen LogP contribution in [0.15, 0.2) is 97.1 Å². The topological polar surface area (TPSA) is 49.4 Å². The van der Waals surface area contributed by atoms with Gasteiger partial charge in [0.1, 0.15) is 6.04 Å². The molecule has 0 saturated heterocycles. The van der Waals surface area contributed by atoms with E-state index in [0.29, 0.717) is 32.4 Å². The van der Waals surface area contributed by atoms with E-state index >= 15 is 0 Å². The smallest absolute Gasteiger partial charge is 0.243 e. The Kier molecular flexibility index (Phi) is 9.69. The number of nitrogens with zero attached hydrogens (tertiary/aromatic N) is 1. The zero-order valence-corrected chi connectivity index (χ0v) is 22.5. The minimum Gasteiger partial charge on any atom is -0.354 e. The third-order valence-electron chi connectivity index (χ3n) is 7.02. The highest BCUT2D eigenvalue weighted by molar-refractivity contribution is 5.89. The molecule has 4 nitrogen and oxygen atoms in total. The fraction of sp³-hybridized carbons (Fsp3) is 0.294. The van der Waals surface area contributed by atoms with Crippen molar-refractivity contribution in [2.24, 2.45) is 0 Å². The van der Waals surface area contributed by atoms with Crippen LogP contribution in [0.3, 0.4) is 0 Å². The van der Waals surface area contributed by atoms with Gasteiger partial charge in [-0.1, -0.05) is 116 Å². The molecule has 4 heteroatoms. The summed E-state index contributed by atoms with van der Waals surface area (Å²) in [5.41, 5.74) is 4.36. The van der Waals surface area contributed by atoms with Crippen molar-refractivity contribution in [2.75, 3.05) is 6.54 Å². The summed E-state index contributed by atoms with van der Waals surface area (Å²) in [5.74, 6) is -0.0977. The van der Waals surface area contributed by atoms with E-state index in [9.17, 15) is 9.59 Å². The lowest BCUT2D eigenvalue weighted by Gasteiger charge is -2.32. The number of fused-ring (bicyclic) bond motifs is 1. The Hall–Kier alpha value is -3.92. The number of carbonyl (C=O) groups is 2. The quantitative estimate of drug-likeness (QED) is 0.219. The SMILES string of the molecule is CCCCNC(=O)[C@@H](Cc1ccccc1)N(Cc1cccc(C)c1)C(=O)CCc1cccc2ccccc12. The van der Waals surface area contributed by atoms with E-state index in [1.807, 2.05) is 60.7 Å². The molecule has 4 rings (SSSR count). The van der Waals surface area contributed by atoms with Gasteiger partial charge in [0.2, 0.25) is 11.8 Å². The Balaban J connectivity index is 1.63. The molecular formula is C34H38N2O2. The molecular weight excluding hydrogens is 468 g/mol. The van der Waals surface area contributed by atoms with Gasteiger partial charge in [-0.2, -0.15) is 0 Å². The summed E-state index contributed by atoms with van der Waals surface area (Å²) < 4.78 is 0. The maximum Gasteiger partial charge on any atom is 0.243 e. The number of hydrogen-bond acceptors (Lipinski definition) is 2. The second kappa shape index (κ2) is 13.6. The van der Waals surface area contributed by atoms with Crippen LogP contribution in [0.1, 0.15) is 48.4 Å². The summed E-state index contributed by atoms with van der Waals surface area (Å²) in [6.07, 6.45) is 3.36. The third-order valence-corrected chi connectivity index (χ3v) is 7.02. The maximum atomic E-state index is 14.0. The number of nitrogens with one attached hydrogen (secondary N) is 1. The number of amides is 2. The fourth-order valence-corrected chi connectivity index (χ4v) is 4.96. The number of carbonyl (C=O) groups excluding carboxylic acids is 2. The second-order valence-electron chi connectivity index (χ2n) is 10.00. The van der Waals surface area contributed by atoms with Crippen LogP contribution in [0.25, 0.3) is 10.8 Å². The molecule has 38 heavy (non-hydrogen) atoms. The number of aryl methyl sites for hydroxylation is 2.